The molecule has 0 unspecified atom stereocenters. The molecule has 1 amide bonds. The van der Waals surface area contributed by atoms with Gasteiger partial charge in [0.25, 0.3) is 5.91 Å². The van der Waals surface area contributed by atoms with Gasteiger partial charge in [0, 0.05) is 19.2 Å². The summed E-state index contributed by atoms with van der Waals surface area (Å²) < 4.78 is 10.7. The van der Waals surface area contributed by atoms with E-state index in [1.807, 2.05) is 24.4 Å². The number of hydrogen-bond donors (Lipinski definition) is 0. The molecule has 19 heavy (non-hydrogen) atoms. The summed E-state index contributed by atoms with van der Waals surface area (Å²) in [5, 5.41) is 5.83. The van der Waals surface area contributed by atoms with E-state index in [4.69, 9.17) is 9.26 Å². The summed E-state index contributed by atoms with van der Waals surface area (Å²) in [4.78, 5) is 15.0. The fraction of sp³-hybridized carbons (Fsp3) is 0.385. The maximum Gasteiger partial charge on any atom is 0.276 e. The van der Waals surface area contributed by atoms with E-state index >= 15 is 0 Å². The predicted octanol–water partition coefficient (Wildman–Crippen LogP) is 2.26. The molecule has 6 heteroatoms. The monoisotopic (exact) mass is 278 g/mol. The van der Waals surface area contributed by atoms with Crippen molar-refractivity contribution < 1.29 is 14.1 Å². The van der Waals surface area contributed by atoms with Gasteiger partial charge in [-0.15, -0.1) is 11.3 Å². The number of hydrogen-bond acceptors (Lipinski definition) is 5. The molecular weight excluding hydrogens is 264 g/mol. The lowest BCUT2D eigenvalue weighted by molar-refractivity contribution is -0.0127. The molecule has 0 spiro atoms. The Balaban J connectivity index is 1.77. The predicted molar refractivity (Wildman–Crippen MR) is 71.1 cm³/mol. The smallest absolute Gasteiger partial charge is 0.276 e. The van der Waals surface area contributed by atoms with Crippen LogP contribution in [0.4, 0.5) is 0 Å². The van der Waals surface area contributed by atoms with Crippen LogP contribution < -0.4 is 0 Å². The summed E-state index contributed by atoms with van der Waals surface area (Å²) in [6, 6.07) is 5.58. The molecule has 1 fully saturated rings. The first-order valence-corrected chi connectivity index (χ1v) is 7.03. The normalized spacial score (nSPS) is 19.6. The Bertz CT molecular complexity index is 564. The number of aromatic nitrogens is 1. The average Bonchev–Trinajstić information content (AvgIpc) is 3.08. The lowest BCUT2D eigenvalue weighted by atomic mass is 10.2. The van der Waals surface area contributed by atoms with E-state index in [0.717, 1.165) is 4.88 Å². The Morgan fingerprint density at radius 2 is 2.47 bits per heavy atom. The molecule has 0 aliphatic carbocycles. The third kappa shape index (κ3) is 2.54. The van der Waals surface area contributed by atoms with Gasteiger partial charge in [0.1, 0.15) is 0 Å². The molecule has 1 atom stereocenters. The highest BCUT2D eigenvalue weighted by atomic mass is 32.1. The van der Waals surface area contributed by atoms with Gasteiger partial charge >= 0.3 is 0 Å². The van der Waals surface area contributed by atoms with Crippen molar-refractivity contribution in [3.63, 3.8) is 0 Å². The first-order valence-electron chi connectivity index (χ1n) is 6.15. The summed E-state index contributed by atoms with van der Waals surface area (Å²) >= 11 is 1.56. The summed E-state index contributed by atoms with van der Waals surface area (Å²) in [5.41, 5.74) is 0.359. The van der Waals surface area contributed by atoms with Crippen molar-refractivity contribution in [2.24, 2.45) is 0 Å². The fourth-order valence-corrected chi connectivity index (χ4v) is 2.75. The Labute approximate surface area is 114 Å². The van der Waals surface area contributed by atoms with Crippen molar-refractivity contribution in [3.05, 3.63) is 29.3 Å². The third-order valence-electron chi connectivity index (χ3n) is 3.02. The van der Waals surface area contributed by atoms with Crippen LogP contribution in [0.25, 0.3) is 10.6 Å². The second-order valence-electron chi connectivity index (χ2n) is 4.49. The lowest BCUT2D eigenvalue weighted by Gasteiger charge is -2.30. The molecule has 2 aromatic heterocycles. The highest BCUT2D eigenvalue weighted by Crippen LogP contribution is 2.25. The van der Waals surface area contributed by atoms with Crippen LogP contribution in [0.5, 0.6) is 0 Å². The maximum atomic E-state index is 12.3. The molecule has 0 saturated carbocycles. The molecule has 0 bridgehead atoms. The summed E-state index contributed by atoms with van der Waals surface area (Å²) in [6.07, 6.45) is 0.0707. The first-order chi connectivity index (χ1) is 9.24. The molecule has 5 nitrogen and oxygen atoms in total. The Kier molecular flexibility index (Phi) is 3.35. The molecule has 2 aromatic rings. The molecule has 3 heterocycles. The fourth-order valence-electron chi connectivity index (χ4n) is 2.08. The quantitative estimate of drug-likeness (QED) is 0.845. The standard InChI is InChI=1S/C13H14N2O3S/c1-9-8-15(4-5-17-9)13(16)10-7-11(18-14-10)12-3-2-6-19-12/h2-3,6-7,9H,4-5,8H2,1H3/t9-/m1/s1. The number of morpholine rings is 1. The summed E-state index contributed by atoms with van der Waals surface area (Å²) in [7, 11) is 0. The van der Waals surface area contributed by atoms with Crippen molar-refractivity contribution in [2.45, 2.75) is 13.0 Å². The number of ether oxygens (including phenoxy) is 1. The van der Waals surface area contributed by atoms with E-state index in [-0.39, 0.29) is 12.0 Å². The minimum atomic E-state index is -0.0956. The van der Waals surface area contributed by atoms with Crippen LogP contribution in [0, 0.1) is 0 Å². The van der Waals surface area contributed by atoms with Crippen LogP contribution in [-0.2, 0) is 4.74 Å². The molecule has 1 aliphatic heterocycles. The molecule has 1 aliphatic rings. The van der Waals surface area contributed by atoms with Crippen LogP contribution in [0.1, 0.15) is 17.4 Å². The summed E-state index contributed by atoms with van der Waals surface area (Å²) in [6.45, 7) is 3.73. The van der Waals surface area contributed by atoms with Crippen LogP contribution in [0.2, 0.25) is 0 Å². The number of carbonyl (C=O) groups excluding carboxylic acids is 1. The minimum Gasteiger partial charge on any atom is -0.375 e. The van der Waals surface area contributed by atoms with Crippen molar-refractivity contribution in [1.29, 1.82) is 0 Å². The second-order valence-corrected chi connectivity index (χ2v) is 5.43. The van der Waals surface area contributed by atoms with Crippen LogP contribution in [-0.4, -0.2) is 41.8 Å². The topological polar surface area (TPSA) is 55.6 Å². The average molecular weight is 278 g/mol. The zero-order valence-corrected chi connectivity index (χ0v) is 11.4. The Morgan fingerprint density at radius 1 is 1.58 bits per heavy atom. The number of thiophene rings is 1. The first kappa shape index (κ1) is 12.4. The molecule has 3 rings (SSSR count). The van der Waals surface area contributed by atoms with E-state index in [9.17, 15) is 4.79 Å². The van der Waals surface area contributed by atoms with Crippen LogP contribution in [0.3, 0.4) is 0 Å². The van der Waals surface area contributed by atoms with Crippen molar-refractivity contribution in [2.75, 3.05) is 19.7 Å². The highest BCUT2D eigenvalue weighted by molar-refractivity contribution is 7.13. The number of rotatable bonds is 2. The molecule has 1 saturated heterocycles. The molecule has 0 radical (unpaired) electrons. The van der Waals surface area contributed by atoms with Gasteiger partial charge in [-0.05, 0) is 18.4 Å². The number of nitrogens with zero attached hydrogens (tertiary/aromatic N) is 2. The lowest BCUT2D eigenvalue weighted by Crippen LogP contribution is -2.44. The zero-order chi connectivity index (χ0) is 13.2. The van der Waals surface area contributed by atoms with Gasteiger partial charge in [-0.25, -0.2) is 0 Å². The Morgan fingerprint density at radius 3 is 3.21 bits per heavy atom. The van der Waals surface area contributed by atoms with Gasteiger partial charge < -0.3 is 14.2 Å². The van der Waals surface area contributed by atoms with Gasteiger partial charge in [0.05, 0.1) is 17.6 Å². The van der Waals surface area contributed by atoms with Gasteiger partial charge in [0.15, 0.2) is 11.5 Å². The van der Waals surface area contributed by atoms with Crippen LogP contribution >= 0.6 is 11.3 Å². The number of carbonyl (C=O) groups is 1. The largest absolute Gasteiger partial charge is 0.375 e. The molecule has 0 aromatic carbocycles. The highest BCUT2D eigenvalue weighted by Gasteiger charge is 2.25. The summed E-state index contributed by atoms with van der Waals surface area (Å²) in [5.74, 6) is 0.543. The maximum absolute atomic E-state index is 12.3. The van der Waals surface area contributed by atoms with Gasteiger partial charge in [-0.1, -0.05) is 11.2 Å². The third-order valence-corrected chi connectivity index (χ3v) is 3.91. The van der Waals surface area contributed by atoms with Gasteiger partial charge in [0.2, 0.25) is 0 Å². The van der Waals surface area contributed by atoms with Gasteiger partial charge in [-0.3, -0.25) is 4.79 Å². The molecule has 100 valence electrons. The van der Waals surface area contributed by atoms with E-state index in [0.29, 0.717) is 31.2 Å². The van der Waals surface area contributed by atoms with E-state index < -0.39 is 0 Å². The molecular formula is C13H14N2O3S. The molecule has 0 N–H and O–H groups in total. The van der Waals surface area contributed by atoms with E-state index in [2.05, 4.69) is 5.16 Å². The minimum absolute atomic E-state index is 0.0707. The van der Waals surface area contributed by atoms with E-state index in [1.165, 1.54) is 0 Å². The second kappa shape index (κ2) is 5.14. The Hall–Kier alpha value is -1.66. The van der Waals surface area contributed by atoms with E-state index in [1.54, 1.807) is 22.3 Å². The van der Waals surface area contributed by atoms with Crippen molar-refractivity contribution in [3.8, 4) is 10.6 Å². The van der Waals surface area contributed by atoms with Crippen LogP contribution in [0.15, 0.2) is 28.1 Å². The van der Waals surface area contributed by atoms with Gasteiger partial charge in [-0.2, -0.15) is 0 Å². The SMILES string of the molecule is C[C@@H]1CN(C(=O)c2cc(-c3cccs3)on2)CCO1. The van der Waals surface area contributed by atoms with Crippen molar-refractivity contribution in [1.82, 2.24) is 10.1 Å². The zero-order valence-electron chi connectivity index (χ0n) is 10.5. The number of amides is 1. The van der Waals surface area contributed by atoms with Crippen molar-refractivity contribution >= 4 is 17.2 Å².